The van der Waals surface area contributed by atoms with Gasteiger partial charge in [-0.2, -0.15) is 18.3 Å². The molecule has 0 atom stereocenters. The number of benzene rings is 2. The maximum absolute atomic E-state index is 13.6. The summed E-state index contributed by atoms with van der Waals surface area (Å²) in [6.07, 6.45) is -4.42. The number of thioether (sulfide) groups is 1. The highest BCUT2D eigenvalue weighted by Crippen LogP contribution is 2.31. The van der Waals surface area contributed by atoms with Gasteiger partial charge in [-0.3, -0.25) is 14.0 Å². The summed E-state index contributed by atoms with van der Waals surface area (Å²) < 4.78 is 47.8. The predicted molar refractivity (Wildman–Crippen MR) is 125 cm³/mol. The van der Waals surface area contributed by atoms with E-state index in [9.17, 15) is 18.0 Å². The van der Waals surface area contributed by atoms with Crippen molar-refractivity contribution in [3.05, 3.63) is 81.3 Å². The van der Waals surface area contributed by atoms with Crippen LogP contribution in [0.25, 0.3) is 11.0 Å². The first-order valence-corrected chi connectivity index (χ1v) is 11.6. The van der Waals surface area contributed by atoms with Gasteiger partial charge in [0.2, 0.25) is 0 Å². The average molecular weight is 489 g/mol. The molecule has 0 unspecified atom stereocenters. The van der Waals surface area contributed by atoms with Crippen LogP contribution in [0.3, 0.4) is 0 Å². The number of halogens is 3. The highest BCUT2D eigenvalue weighted by atomic mass is 32.2. The summed E-state index contributed by atoms with van der Waals surface area (Å²) in [6, 6.07) is 12.5. The fourth-order valence-corrected chi connectivity index (χ4v) is 4.64. The molecule has 0 saturated carbocycles. The Morgan fingerprint density at radius 1 is 1.09 bits per heavy atom. The molecule has 0 spiro atoms. The molecule has 0 amide bonds. The predicted octanol–water partition coefficient (Wildman–Crippen LogP) is 5.29. The highest BCUT2D eigenvalue weighted by molar-refractivity contribution is 7.98. The van der Waals surface area contributed by atoms with E-state index in [-0.39, 0.29) is 17.9 Å². The number of ether oxygens (including phenoxy) is 1. The first kappa shape index (κ1) is 23.9. The third-order valence-corrected chi connectivity index (χ3v) is 6.43. The molecule has 0 N–H and O–H groups in total. The molecule has 4 rings (SSSR count). The van der Waals surface area contributed by atoms with Crippen LogP contribution in [-0.2, 0) is 25.0 Å². The van der Waals surface area contributed by atoms with Gasteiger partial charge in [0, 0.05) is 12.3 Å². The van der Waals surface area contributed by atoms with E-state index < -0.39 is 11.7 Å². The first-order valence-electron chi connectivity index (χ1n) is 10.6. The third-order valence-electron chi connectivity index (χ3n) is 5.38. The zero-order valence-corrected chi connectivity index (χ0v) is 19.7. The van der Waals surface area contributed by atoms with Crippen LogP contribution in [0, 0.1) is 6.92 Å². The summed E-state index contributed by atoms with van der Waals surface area (Å²) >= 11 is 1.22. The number of alkyl halides is 3. The average Bonchev–Trinajstić information content (AvgIpc) is 3.15. The van der Waals surface area contributed by atoms with Gasteiger partial charge in [0.1, 0.15) is 11.3 Å². The van der Waals surface area contributed by atoms with E-state index in [1.165, 1.54) is 17.8 Å². The van der Waals surface area contributed by atoms with Crippen molar-refractivity contribution in [1.29, 1.82) is 0 Å². The van der Waals surface area contributed by atoms with E-state index in [1.54, 1.807) is 29.3 Å². The lowest BCUT2D eigenvalue weighted by Gasteiger charge is -2.14. The van der Waals surface area contributed by atoms with Gasteiger partial charge in [0.25, 0.3) is 5.56 Å². The fraction of sp³-hybridized carbons (Fsp3) is 0.292. The molecular formula is C24H23F3N4O2S. The molecule has 0 aliphatic carbocycles. The minimum Gasteiger partial charge on any atom is -0.497 e. The van der Waals surface area contributed by atoms with Crippen molar-refractivity contribution in [2.24, 2.45) is 0 Å². The van der Waals surface area contributed by atoms with E-state index in [4.69, 9.17) is 9.72 Å². The van der Waals surface area contributed by atoms with Gasteiger partial charge in [-0.1, -0.05) is 42.1 Å². The zero-order valence-electron chi connectivity index (χ0n) is 18.9. The van der Waals surface area contributed by atoms with Crippen molar-refractivity contribution in [1.82, 2.24) is 19.3 Å². The fourth-order valence-electron chi connectivity index (χ4n) is 3.71. The van der Waals surface area contributed by atoms with Crippen LogP contribution in [0.1, 0.15) is 29.3 Å². The molecule has 4 aromatic rings. The van der Waals surface area contributed by atoms with Gasteiger partial charge in [-0.25, -0.2) is 4.98 Å². The Labute approximate surface area is 198 Å². The minimum atomic E-state index is -4.42. The van der Waals surface area contributed by atoms with Gasteiger partial charge in [0.05, 0.1) is 24.9 Å². The molecule has 2 aromatic heterocycles. The first-order chi connectivity index (χ1) is 16.2. The molecule has 0 aliphatic rings. The van der Waals surface area contributed by atoms with E-state index in [0.29, 0.717) is 39.7 Å². The summed E-state index contributed by atoms with van der Waals surface area (Å²) in [5.41, 5.74) is 1.91. The van der Waals surface area contributed by atoms with Crippen molar-refractivity contribution >= 4 is 22.8 Å². The Hall–Kier alpha value is -3.27. The summed E-state index contributed by atoms with van der Waals surface area (Å²) in [4.78, 5) is 18.3. The van der Waals surface area contributed by atoms with Crippen molar-refractivity contribution in [2.45, 2.75) is 44.0 Å². The van der Waals surface area contributed by atoms with Crippen molar-refractivity contribution in [3.8, 4) is 5.75 Å². The number of aromatic nitrogens is 4. The zero-order chi connectivity index (χ0) is 24.5. The lowest BCUT2D eigenvalue weighted by molar-refractivity contribution is -0.137. The standard InChI is InChI=1S/C24H23F3N4O2S/c1-4-31-21-20(15(2)29-31)28-23(34-14-17-8-5-9-18(11-17)24(25,26)27)30(22(21)32)13-16-7-6-10-19(12-16)33-3/h5-12H,4,13-14H2,1-3H3. The number of hydrogen-bond donors (Lipinski definition) is 0. The van der Waals surface area contributed by atoms with Crippen LogP contribution in [0.5, 0.6) is 5.75 Å². The lowest BCUT2D eigenvalue weighted by atomic mass is 10.1. The summed E-state index contributed by atoms with van der Waals surface area (Å²) in [5, 5.41) is 4.84. The molecule has 0 saturated heterocycles. The number of fused-ring (bicyclic) bond motifs is 1. The number of aryl methyl sites for hydroxylation is 2. The molecular weight excluding hydrogens is 465 g/mol. The Balaban J connectivity index is 1.77. The SMILES string of the molecule is CCn1nc(C)c2nc(SCc3cccc(C(F)(F)F)c3)n(Cc3cccc(OC)c3)c(=O)c21. The van der Waals surface area contributed by atoms with Crippen LogP contribution in [0.4, 0.5) is 13.2 Å². The summed E-state index contributed by atoms with van der Waals surface area (Å²) in [6.45, 7) is 4.43. The minimum absolute atomic E-state index is 0.223. The highest BCUT2D eigenvalue weighted by Gasteiger charge is 2.30. The van der Waals surface area contributed by atoms with Gasteiger partial charge >= 0.3 is 6.18 Å². The molecule has 178 valence electrons. The second kappa shape index (κ2) is 9.54. The third kappa shape index (κ3) is 4.82. The lowest BCUT2D eigenvalue weighted by Crippen LogP contribution is -2.25. The van der Waals surface area contributed by atoms with Crippen LogP contribution >= 0.6 is 11.8 Å². The number of nitrogens with zero attached hydrogens (tertiary/aromatic N) is 4. The van der Waals surface area contributed by atoms with Gasteiger partial charge < -0.3 is 4.74 Å². The van der Waals surface area contributed by atoms with E-state index in [1.807, 2.05) is 31.2 Å². The van der Waals surface area contributed by atoms with E-state index in [0.717, 1.165) is 17.7 Å². The van der Waals surface area contributed by atoms with E-state index >= 15 is 0 Å². The van der Waals surface area contributed by atoms with Crippen LogP contribution in [-0.4, -0.2) is 26.4 Å². The van der Waals surface area contributed by atoms with Crippen LogP contribution < -0.4 is 10.3 Å². The molecule has 0 radical (unpaired) electrons. The summed E-state index contributed by atoms with van der Waals surface area (Å²) in [7, 11) is 1.57. The molecule has 0 bridgehead atoms. The van der Waals surface area contributed by atoms with Gasteiger partial charge in [-0.05, 0) is 43.2 Å². The van der Waals surface area contributed by atoms with E-state index in [2.05, 4.69) is 5.10 Å². The Morgan fingerprint density at radius 3 is 2.53 bits per heavy atom. The molecule has 0 fully saturated rings. The molecule has 0 aliphatic heterocycles. The largest absolute Gasteiger partial charge is 0.497 e. The molecule has 34 heavy (non-hydrogen) atoms. The number of hydrogen-bond acceptors (Lipinski definition) is 5. The van der Waals surface area contributed by atoms with Crippen LogP contribution in [0.2, 0.25) is 0 Å². The van der Waals surface area contributed by atoms with Crippen molar-refractivity contribution in [3.63, 3.8) is 0 Å². The molecule has 2 heterocycles. The van der Waals surface area contributed by atoms with Crippen molar-refractivity contribution < 1.29 is 17.9 Å². The molecule has 6 nitrogen and oxygen atoms in total. The topological polar surface area (TPSA) is 61.9 Å². The van der Waals surface area contributed by atoms with Gasteiger partial charge in [-0.15, -0.1) is 0 Å². The van der Waals surface area contributed by atoms with Gasteiger partial charge in [0.15, 0.2) is 10.7 Å². The Morgan fingerprint density at radius 2 is 1.82 bits per heavy atom. The second-order valence-corrected chi connectivity index (χ2v) is 8.66. The van der Waals surface area contributed by atoms with Crippen molar-refractivity contribution in [2.75, 3.05) is 7.11 Å². The Bertz CT molecular complexity index is 1400. The number of rotatable bonds is 7. The quantitative estimate of drug-likeness (QED) is 0.261. The summed E-state index contributed by atoms with van der Waals surface area (Å²) in [5.74, 6) is 0.883. The Kier molecular flexibility index (Phi) is 6.70. The second-order valence-electron chi connectivity index (χ2n) is 7.72. The molecule has 2 aromatic carbocycles. The smallest absolute Gasteiger partial charge is 0.416 e. The van der Waals surface area contributed by atoms with Crippen LogP contribution in [0.15, 0.2) is 58.5 Å². The normalized spacial score (nSPS) is 11.8. The molecule has 10 heteroatoms. The monoisotopic (exact) mass is 488 g/mol. The number of methoxy groups -OCH3 is 1. The maximum Gasteiger partial charge on any atom is 0.416 e. The maximum atomic E-state index is 13.6.